The first-order valence-corrected chi connectivity index (χ1v) is 20.4. The van der Waals surface area contributed by atoms with Crippen LogP contribution in [0.4, 0.5) is 0 Å². The van der Waals surface area contributed by atoms with Gasteiger partial charge in [-0.05, 0) is 64.2 Å². The molecule has 0 aliphatic carbocycles. The molecule has 0 spiro atoms. The van der Waals surface area contributed by atoms with Crippen LogP contribution in [0.5, 0.6) is 0 Å². The van der Waals surface area contributed by atoms with Gasteiger partial charge >= 0.3 is 0 Å². The summed E-state index contributed by atoms with van der Waals surface area (Å²) in [6, 6.07) is -0.827. The van der Waals surface area contributed by atoms with Crippen molar-refractivity contribution in [3.8, 4) is 0 Å². The molecule has 7 unspecified atom stereocenters. The van der Waals surface area contributed by atoms with Gasteiger partial charge < -0.3 is 40.3 Å². The SMILES string of the molecule is CCCCCC/C=C\C/C=C\CCCCCCCC(=O)NC(COC1OC(CO)C(O)C(O)C1O)C(O)/C=C/CC/C=C/CCCCCCCC. The molecule has 9 nitrogen and oxygen atoms in total. The van der Waals surface area contributed by atoms with Gasteiger partial charge in [-0.1, -0.05) is 133 Å². The predicted octanol–water partition coefficient (Wildman–Crippen LogP) is 7.50. The summed E-state index contributed by atoms with van der Waals surface area (Å²) in [6.45, 7) is 3.68. The molecule has 1 heterocycles. The number of aliphatic hydroxyl groups excluding tert-OH is 5. The quantitative estimate of drug-likeness (QED) is 0.0309. The molecule has 0 bridgehead atoms. The molecule has 0 aromatic heterocycles. The number of aliphatic hydroxyl groups is 5. The average molecular weight is 722 g/mol. The molecule has 7 atom stereocenters. The van der Waals surface area contributed by atoms with Crippen LogP contribution in [0.1, 0.15) is 155 Å². The lowest BCUT2D eigenvalue weighted by Gasteiger charge is -2.40. The zero-order chi connectivity index (χ0) is 37.4. The Morgan fingerprint density at radius 1 is 0.667 bits per heavy atom. The maximum Gasteiger partial charge on any atom is 0.220 e. The van der Waals surface area contributed by atoms with E-state index in [1.54, 1.807) is 6.08 Å². The summed E-state index contributed by atoms with van der Waals surface area (Å²) in [5.41, 5.74) is 0. The molecule has 51 heavy (non-hydrogen) atoms. The number of rotatable bonds is 32. The van der Waals surface area contributed by atoms with Crippen molar-refractivity contribution in [3.05, 3.63) is 48.6 Å². The van der Waals surface area contributed by atoms with Crippen molar-refractivity contribution < 1.29 is 39.8 Å². The summed E-state index contributed by atoms with van der Waals surface area (Å²) >= 11 is 0. The Kier molecular flexibility index (Phi) is 30.3. The van der Waals surface area contributed by atoms with E-state index in [9.17, 15) is 30.3 Å². The van der Waals surface area contributed by atoms with Gasteiger partial charge in [-0.25, -0.2) is 0 Å². The third-order valence-electron chi connectivity index (χ3n) is 9.38. The Balaban J connectivity index is 2.46. The summed E-state index contributed by atoms with van der Waals surface area (Å²) in [6.07, 6.45) is 32.9. The van der Waals surface area contributed by atoms with Crippen molar-refractivity contribution in [3.63, 3.8) is 0 Å². The standard InChI is InChI=1S/C42H75NO8/c1-3-5-7-9-11-13-15-17-18-19-20-22-24-26-28-30-32-38(46)43-35(34-50-42-41(49)40(48)39(47)37(33-44)51-42)36(45)31-29-27-25-23-21-16-14-12-10-8-6-4-2/h13,15,18-19,21,23,29,31,35-37,39-42,44-45,47-49H,3-12,14,16-17,20,22,24-28,30,32-34H2,1-2H3,(H,43,46)/b15-13-,19-18-,23-21+,31-29+. The molecule has 1 aliphatic heterocycles. The number of ether oxygens (including phenoxy) is 2. The Bertz CT molecular complexity index is 936. The molecular weight excluding hydrogens is 646 g/mol. The Morgan fingerprint density at radius 3 is 1.78 bits per heavy atom. The van der Waals surface area contributed by atoms with E-state index in [2.05, 4.69) is 55.6 Å². The zero-order valence-electron chi connectivity index (χ0n) is 32.1. The van der Waals surface area contributed by atoms with Gasteiger partial charge in [0.25, 0.3) is 0 Å². The Labute approximate surface area is 310 Å². The summed E-state index contributed by atoms with van der Waals surface area (Å²) in [5, 5.41) is 53.9. The monoisotopic (exact) mass is 722 g/mol. The normalized spacial score (nSPS) is 22.5. The van der Waals surface area contributed by atoms with Crippen molar-refractivity contribution in [2.24, 2.45) is 0 Å². The maximum atomic E-state index is 12.9. The third kappa shape index (κ3) is 24.2. The van der Waals surface area contributed by atoms with E-state index in [1.165, 1.54) is 70.6 Å². The molecule has 0 radical (unpaired) electrons. The molecule has 1 fully saturated rings. The molecule has 6 N–H and O–H groups in total. The molecule has 296 valence electrons. The number of nitrogens with one attached hydrogen (secondary N) is 1. The fourth-order valence-corrected chi connectivity index (χ4v) is 6.02. The van der Waals surface area contributed by atoms with Crippen LogP contribution in [-0.4, -0.2) is 87.5 Å². The highest BCUT2D eigenvalue weighted by atomic mass is 16.7. The van der Waals surface area contributed by atoms with E-state index in [0.717, 1.165) is 64.2 Å². The highest BCUT2D eigenvalue weighted by Crippen LogP contribution is 2.22. The number of carbonyl (C=O) groups excluding carboxylic acids is 1. The molecule has 1 aliphatic rings. The van der Waals surface area contributed by atoms with Gasteiger partial charge in [0, 0.05) is 6.42 Å². The van der Waals surface area contributed by atoms with Gasteiger partial charge in [0.15, 0.2) is 6.29 Å². The summed E-state index contributed by atoms with van der Waals surface area (Å²) in [5.74, 6) is -0.205. The number of hydrogen-bond acceptors (Lipinski definition) is 8. The largest absolute Gasteiger partial charge is 0.394 e. The van der Waals surface area contributed by atoms with Crippen LogP contribution >= 0.6 is 0 Å². The van der Waals surface area contributed by atoms with Gasteiger partial charge in [-0.15, -0.1) is 0 Å². The Hall–Kier alpha value is -1.85. The van der Waals surface area contributed by atoms with Gasteiger partial charge in [-0.2, -0.15) is 0 Å². The van der Waals surface area contributed by atoms with E-state index in [0.29, 0.717) is 6.42 Å². The molecule has 0 saturated carbocycles. The predicted molar refractivity (Wildman–Crippen MR) is 207 cm³/mol. The minimum Gasteiger partial charge on any atom is -0.394 e. The molecule has 0 aromatic rings. The van der Waals surface area contributed by atoms with Crippen LogP contribution < -0.4 is 5.32 Å². The average Bonchev–Trinajstić information content (AvgIpc) is 3.13. The van der Waals surface area contributed by atoms with Crippen LogP contribution in [0.15, 0.2) is 48.6 Å². The molecule has 9 heteroatoms. The van der Waals surface area contributed by atoms with Crippen molar-refractivity contribution in [2.75, 3.05) is 13.2 Å². The van der Waals surface area contributed by atoms with E-state index in [1.807, 2.05) is 6.08 Å². The third-order valence-corrected chi connectivity index (χ3v) is 9.38. The van der Waals surface area contributed by atoms with Crippen LogP contribution in [0.25, 0.3) is 0 Å². The van der Waals surface area contributed by atoms with Crippen molar-refractivity contribution in [2.45, 2.75) is 198 Å². The summed E-state index contributed by atoms with van der Waals surface area (Å²) < 4.78 is 11.1. The summed E-state index contributed by atoms with van der Waals surface area (Å²) in [4.78, 5) is 12.9. The molecule has 0 aromatic carbocycles. The lowest BCUT2D eigenvalue weighted by Crippen LogP contribution is -2.60. The lowest BCUT2D eigenvalue weighted by atomic mass is 9.99. The Morgan fingerprint density at radius 2 is 1.18 bits per heavy atom. The maximum absolute atomic E-state index is 12.9. The number of hydrogen-bond donors (Lipinski definition) is 6. The van der Waals surface area contributed by atoms with Crippen LogP contribution in [-0.2, 0) is 14.3 Å². The van der Waals surface area contributed by atoms with Crippen molar-refractivity contribution in [1.29, 1.82) is 0 Å². The van der Waals surface area contributed by atoms with Gasteiger partial charge in [0.1, 0.15) is 24.4 Å². The highest BCUT2D eigenvalue weighted by molar-refractivity contribution is 5.76. The van der Waals surface area contributed by atoms with Crippen LogP contribution in [0, 0.1) is 0 Å². The fourth-order valence-electron chi connectivity index (χ4n) is 6.02. The first-order chi connectivity index (χ1) is 24.8. The van der Waals surface area contributed by atoms with Gasteiger partial charge in [0.2, 0.25) is 5.91 Å². The van der Waals surface area contributed by atoms with Gasteiger partial charge in [0.05, 0.1) is 25.4 Å². The molecule has 1 amide bonds. The van der Waals surface area contributed by atoms with Gasteiger partial charge in [-0.3, -0.25) is 4.79 Å². The first kappa shape index (κ1) is 47.2. The first-order valence-electron chi connectivity index (χ1n) is 20.4. The van der Waals surface area contributed by atoms with Crippen molar-refractivity contribution in [1.82, 2.24) is 5.32 Å². The second-order valence-electron chi connectivity index (χ2n) is 14.1. The number of allylic oxidation sites excluding steroid dienone is 7. The summed E-state index contributed by atoms with van der Waals surface area (Å²) in [7, 11) is 0. The molecular formula is C42H75NO8. The zero-order valence-corrected chi connectivity index (χ0v) is 32.1. The van der Waals surface area contributed by atoms with Crippen molar-refractivity contribution >= 4 is 5.91 Å². The van der Waals surface area contributed by atoms with Crippen LogP contribution in [0.3, 0.4) is 0 Å². The number of unbranched alkanes of at least 4 members (excludes halogenated alkanes) is 16. The van der Waals surface area contributed by atoms with E-state index in [-0.39, 0.29) is 12.5 Å². The lowest BCUT2D eigenvalue weighted by molar-refractivity contribution is -0.302. The fraction of sp³-hybridized carbons (Fsp3) is 0.786. The van der Waals surface area contributed by atoms with E-state index in [4.69, 9.17) is 9.47 Å². The smallest absolute Gasteiger partial charge is 0.220 e. The second kappa shape index (κ2) is 32.8. The highest BCUT2D eigenvalue weighted by Gasteiger charge is 2.44. The second-order valence-corrected chi connectivity index (χ2v) is 14.1. The topological polar surface area (TPSA) is 149 Å². The minimum absolute atomic E-state index is 0.205. The van der Waals surface area contributed by atoms with E-state index < -0.39 is 49.5 Å². The van der Waals surface area contributed by atoms with Crippen LogP contribution in [0.2, 0.25) is 0 Å². The number of carbonyl (C=O) groups is 1. The van der Waals surface area contributed by atoms with E-state index >= 15 is 0 Å². The molecule has 1 saturated heterocycles. The molecule has 1 rings (SSSR count). The minimum atomic E-state index is -1.57. The number of amides is 1.